The van der Waals surface area contributed by atoms with Crippen LogP contribution in [-0.2, 0) is 24.8 Å². The predicted octanol–water partition coefficient (Wildman–Crippen LogP) is 1.86. The fourth-order valence-electron chi connectivity index (χ4n) is 4.46. The number of hydrogen-bond acceptors (Lipinski definition) is 8. The normalized spacial score (nSPS) is 18.2. The minimum Gasteiger partial charge on any atom is -0.495 e. The van der Waals surface area contributed by atoms with E-state index in [4.69, 9.17) is 21.1 Å². The van der Waals surface area contributed by atoms with E-state index in [0.717, 1.165) is 19.6 Å². The van der Waals surface area contributed by atoms with Crippen molar-refractivity contribution in [3.8, 4) is 5.75 Å². The molecule has 0 radical (unpaired) electrons. The van der Waals surface area contributed by atoms with Gasteiger partial charge in [0.2, 0.25) is 20.0 Å². The third kappa shape index (κ3) is 6.75. The molecule has 4 rings (SSSR count). The van der Waals surface area contributed by atoms with Crippen molar-refractivity contribution in [2.24, 2.45) is 0 Å². The van der Waals surface area contributed by atoms with Gasteiger partial charge in [-0.15, -0.1) is 0 Å². The second-order valence-corrected chi connectivity index (χ2v) is 12.9. The van der Waals surface area contributed by atoms with Crippen LogP contribution in [0.3, 0.4) is 0 Å². The molecule has 2 fully saturated rings. The third-order valence-electron chi connectivity index (χ3n) is 6.54. The lowest BCUT2D eigenvalue weighted by Crippen LogP contribution is -2.48. The number of piperazine rings is 1. The molecule has 2 aromatic rings. The zero-order valence-electron chi connectivity index (χ0n) is 20.8. The number of sulfonamides is 2. The maximum absolute atomic E-state index is 13.1. The first-order valence-corrected chi connectivity index (χ1v) is 15.5. The number of morpholine rings is 1. The van der Waals surface area contributed by atoms with Crippen LogP contribution in [0.25, 0.3) is 0 Å². The third-order valence-corrected chi connectivity index (χ3v) is 10.4. The van der Waals surface area contributed by atoms with Gasteiger partial charge in [0.1, 0.15) is 10.6 Å². The Labute approximate surface area is 224 Å². The van der Waals surface area contributed by atoms with Crippen LogP contribution in [0.2, 0.25) is 5.02 Å². The van der Waals surface area contributed by atoms with Crippen molar-refractivity contribution in [1.29, 1.82) is 0 Å². The average Bonchev–Trinajstić information content (AvgIpc) is 2.91. The molecule has 1 N–H and O–H groups in total. The Morgan fingerprint density at radius 3 is 2.35 bits per heavy atom. The van der Waals surface area contributed by atoms with Gasteiger partial charge >= 0.3 is 0 Å². The minimum atomic E-state index is -3.74. The Hall–Kier alpha value is -1.93. The molecule has 204 valence electrons. The molecule has 2 heterocycles. The molecule has 2 aliphatic heterocycles. The van der Waals surface area contributed by atoms with Crippen LogP contribution >= 0.6 is 11.6 Å². The molecule has 0 unspecified atom stereocenters. The predicted molar refractivity (Wildman–Crippen MR) is 142 cm³/mol. The molecule has 2 aliphatic rings. The van der Waals surface area contributed by atoms with Gasteiger partial charge in [-0.1, -0.05) is 23.7 Å². The van der Waals surface area contributed by atoms with Gasteiger partial charge in [-0.25, -0.2) is 21.6 Å². The first-order valence-electron chi connectivity index (χ1n) is 12.2. The lowest BCUT2D eigenvalue weighted by atomic mass is 10.2. The summed E-state index contributed by atoms with van der Waals surface area (Å²) in [5.74, 6) is 0.522. The maximum Gasteiger partial charge on any atom is 0.244 e. The average molecular weight is 573 g/mol. The summed E-state index contributed by atoms with van der Waals surface area (Å²) in [6.45, 7) is 5.49. The number of rotatable bonds is 10. The van der Waals surface area contributed by atoms with Gasteiger partial charge in [0.25, 0.3) is 0 Å². The topological polar surface area (TPSA) is 108 Å². The summed E-state index contributed by atoms with van der Waals surface area (Å²) in [6.07, 6.45) is 0.699. The highest BCUT2D eigenvalue weighted by atomic mass is 35.5. The molecule has 0 amide bonds. The lowest BCUT2D eigenvalue weighted by molar-refractivity contribution is 0.0376. The molecule has 10 nitrogen and oxygen atoms in total. The van der Waals surface area contributed by atoms with E-state index in [2.05, 4.69) is 9.62 Å². The number of hydrogen-bond donors (Lipinski definition) is 1. The number of anilines is 1. The molecule has 0 bridgehead atoms. The Kier molecular flexibility index (Phi) is 9.33. The first-order chi connectivity index (χ1) is 17.7. The molecular formula is C24H33ClN4O6S2. The monoisotopic (exact) mass is 572 g/mol. The van der Waals surface area contributed by atoms with Crippen LogP contribution in [0.15, 0.2) is 52.3 Å². The van der Waals surface area contributed by atoms with Gasteiger partial charge in [-0.2, -0.15) is 4.31 Å². The summed E-state index contributed by atoms with van der Waals surface area (Å²) in [6, 6.07) is 11.1. The Morgan fingerprint density at radius 1 is 0.973 bits per heavy atom. The first kappa shape index (κ1) is 28.1. The molecule has 0 aromatic heterocycles. The molecular weight excluding hydrogens is 540 g/mol. The van der Waals surface area contributed by atoms with Crippen molar-refractivity contribution < 1.29 is 26.3 Å². The van der Waals surface area contributed by atoms with Gasteiger partial charge in [0.15, 0.2) is 0 Å². The quantitative estimate of drug-likeness (QED) is 0.430. The van der Waals surface area contributed by atoms with E-state index < -0.39 is 20.0 Å². The summed E-state index contributed by atoms with van der Waals surface area (Å²) in [4.78, 5) is 4.42. The van der Waals surface area contributed by atoms with Crippen LogP contribution in [0, 0.1) is 0 Å². The molecule has 13 heteroatoms. The second-order valence-electron chi connectivity index (χ2n) is 8.86. The van der Waals surface area contributed by atoms with Crippen LogP contribution in [0.4, 0.5) is 5.69 Å². The van der Waals surface area contributed by atoms with E-state index in [1.54, 1.807) is 30.3 Å². The number of ether oxygens (including phenoxy) is 2. The summed E-state index contributed by atoms with van der Waals surface area (Å²) in [5.41, 5.74) is 0.605. The van der Waals surface area contributed by atoms with Crippen molar-refractivity contribution in [3.63, 3.8) is 0 Å². The van der Waals surface area contributed by atoms with E-state index in [9.17, 15) is 16.8 Å². The van der Waals surface area contributed by atoms with E-state index in [1.165, 1.54) is 23.5 Å². The maximum atomic E-state index is 13.1. The largest absolute Gasteiger partial charge is 0.495 e. The van der Waals surface area contributed by atoms with E-state index in [-0.39, 0.29) is 27.9 Å². The van der Waals surface area contributed by atoms with E-state index in [0.29, 0.717) is 50.7 Å². The number of methoxy groups -OCH3 is 1. The number of halogens is 1. The zero-order valence-corrected chi connectivity index (χ0v) is 23.2. The van der Waals surface area contributed by atoms with Crippen molar-refractivity contribution in [3.05, 3.63) is 47.5 Å². The SMILES string of the molecule is COc1ccc(S(=O)(=O)NCCCN2CCOCC2)cc1N1CCN(S(=O)(=O)c2ccccc2Cl)CC1. The molecule has 37 heavy (non-hydrogen) atoms. The van der Waals surface area contributed by atoms with Gasteiger partial charge in [-0.3, -0.25) is 4.90 Å². The standard InChI is InChI=1S/C24H33ClN4O6S2/c1-34-23-8-7-20(36(30,31)26-9-4-10-27-15-17-35-18-16-27)19-22(23)28-11-13-29(14-12-28)37(32,33)24-6-3-2-5-21(24)25/h2-3,5-8,19,26H,4,9-18H2,1H3. The molecule has 0 spiro atoms. The number of benzene rings is 2. The molecule has 0 atom stereocenters. The Balaban J connectivity index is 1.41. The minimum absolute atomic E-state index is 0.0792. The summed E-state index contributed by atoms with van der Waals surface area (Å²) in [5, 5.41) is 0.182. The lowest BCUT2D eigenvalue weighted by Gasteiger charge is -2.36. The summed E-state index contributed by atoms with van der Waals surface area (Å²) in [7, 11) is -5.94. The van der Waals surface area contributed by atoms with Crippen LogP contribution < -0.4 is 14.4 Å². The second kappa shape index (κ2) is 12.3. The molecule has 0 aliphatic carbocycles. The Bertz CT molecular complexity index is 1280. The number of nitrogens with zero attached hydrogens (tertiary/aromatic N) is 3. The molecule has 2 aromatic carbocycles. The van der Waals surface area contributed by atoms with E-state index >= 15 is 0 Å². The van der Waals surface area contributed by atoms with Crippen molar-refractivity contribution in [1.82, 2.24) is 13.9 Å². The van der Waals surface area contributed by atoms with Crippen molar-refractivity contribution >= 4 is 37.3 Å². The fraction of sp³-hybridized carbons (Fsp3) is 0.500. The highest BCUT2D eigenvalue weighted by Crippen LogP contribution is 2.33. The molecule has 0 saturated carbocycles. The van der Waals surface area contributed by atoms with Crippen LogP contribution in [0.5, 0.6) is 5.75 Å². The highest BCUT2D eigenvalue weighted by molar-refractivity contribution is 7.89. The zero-order chi connectivity index (χ0) is 26.5. The van der Waals surface area contributed by atoms with Crippen LogP contribution in [0.1, 0.15) is 6.42 Å². The molecule has 2 saturated heterocycles. The van der Waals surface area contributed by atoms with Crippen molar-refractivity contribution in [2.75, 3.05) is 77.6 Å². The van der Waals surface area contributed by atoms with Crippen molar-refractivity contribution in [2.45, 2.75) is 16.2 Å². The Morgan fingerprint density at radius 2 is 1.68 bits per heavy atom. The van der Waals surface area contributed by atoms with Gasteiger partial charge < -0.3 is 14.4 Å². The summed E-state index contributed by atoms with van der Waals surface area (Å²) >= 11 is 6.13. The number of nitrogens with one attached hydrogen (secondary N) is 1. The van der Waals surface area contributed by atoms with Gasteiger partial charge in [-0.05, 0) is 43.3 Å². The smallest absolute Gasteiger partial charge is 0.244 e. The summed E-state index contributed by atoms with van der Waals surface area (Å²) < 4.78 is 67.1. The van der Waals surface area contributed by atoms with Crippen LogP contribution in [-0.4, -0.2) is 98.7 Å². The van der Waals surface area contributed by atoms with Gasteiger partial charge in [0, 0.05) is 45.8 Å². The highest BCUT2D eigenvalue weighted by Gasteiger charge is 2.31. The van der Waals surface area contributed by atoms with Gasteiger partial charge in [0.05, 0.1) is 35.9 Å². The van der Waals surface area contributed by atoms with E-state index in [1.807, 2.05) is 4.90 Å². The fourth-order valence-corrected chi connectivity index (χ4v) is 7.47.